The van der Waals surface area contributed by atoms with Crippen LogP contribution in [0.5, 0.6) is 0 Å². The number of urea groups is 1. The predicted molar refractivity (Wildman–Crippen MR) is 86.7 cm³/mol. The molecule has 0 bridgehead atoms. The molecule has 1 atom stereocenters. The van der Waals surface area contributed by atoms with E-state index >= 15 is 0 Å². The molecule has 2 aromatic rings. The zero-order valence-corrected chi connectivity index (χ0v) is 12.7. The zero-order valence-electron chi connectivity index (χ0n) is 12.7. The van der Waals surface area contributed by atoms with E-state index in [0.717, 1.165) is 24.0 Å². The van der Waals surface area contributed by atoms with Gasteiger partial charge in [-0.05, 0) is 42.5 Å². The summed E-state index contributed by atoms with van der Waals surface area (Å²) in [6.07, 6.45) is 2.38. The summed E-state index contributed by atoms with van der Waals surface area (Å²) >= 11 is 0. The molecule has 1 aliphatic rings. The molecule has 0 fully saturated rings. The van der Waals surface area contributed by atoms with Gasteiger partial charge in [-0.2, -0.15) is 0 Å². The fourth-order valence-corrected chi connectivity index (χ4v) is 3.04. The predicted octanol–water partition coefficient (Wildman–Crippen LogP) is 3.17. The Bertz CT molecular complexity index is 720. The lowest BCUT2D eigenvalue weighted by Crippen LogP contribution is -2.44. The summed E-state index contributed by atoms with van der Waals surface area (Å²) in [7, 11) is 0. The van der Waals surface area contributed by atoms with Crippen molar-refractivity contribution in [2.45, 2.75) is 24.9 Å². The third kappa shape index (κ3) is 3.35. The second-order valence-corrected chi connectivity index (χ2v) is 5.83. The number of aryl methyl sites for hydroxylation is 1. The van der Waals surface area contributed by atoms with E-state index in [0.29, 0.717) is 6.42 Å². The Labute approximate surface area is 134 Å². The van der Waals surface area contributed by atoms with Gasteiger partial charge >= 0.3 is 6.03 Å². The summed E-state index contributed by atoms with van der Waals surface area (Å²) in [5.41, 5.74) is 0.998. The first kappa shape index (κ1) is 15.5. The maximum Gasteiger partial charge on any atom is 0.319 e. The molecule has 0 aliphatic heterocycles. The van der Waals surface area contributed by atoms with Crippen molar-refractivity contribution < 1.29 is 14.3 Å². The van der Waals surface area contributed by atoms with Crippen LogP contribution in [0.15, 0.2) is 48.5 Å². The quantitative estimate of drug-likeness (QED) is 0.815. The molecule has 23 heavy (non-hydrogen) atoms. The molecule has 4 nitrogen and oxygen atoms in total. The van der Waals surface area contributed by atoms with Gasteiger partial charge in [0.25, 0.3) is 0 Å². The highest BCUT2D eigenvalue weighted by atomic mass is 19.1. The number of hydrogen-bond donors (Lipinski definition) is 3. The minimum atomic E-state index is -1.08. The van der Waals surface area contributed by atoms with Gasteiger partial charge in [0, 0.05) is 0 Å². The molecule has 3 rings (SSSR count). The number of anilines is 1. The lowest BCUT2D eigenvalue weighted by Gasteiger charge is -2.34. The molecule has 0 saturated heterocycles. The Hall–Kier alpha value is -2.40. The van der Waals surface area contributed by atoms with Crippen LogP contribution in [0.1, 0.15) is 24.0 Å². The summed E-state index contributed by atoms with van der Waals surface area (Å²) in [6, 6.07) is 13.1. The average molecular weight is 314 g/mol. The van der Waals surface area contributed by atoms with Crippen molar-refractivity contribution in [2.24, 2.45) is 0 Å². The number of carbonyl (C=O) groups is 1. The van der Waals surface area contributed by atoms with Gasteiger partial charge in [-0.15, -0.1) is 0 Å². The van der Waals surface area contributed by atoms with Gasteiger partial charge in [-0.25, -0.2) is 9.18 Å². The van der Waals surface area contributed by atoms with Crippen LogP contribution in [0.4, 0.5) is 14.9 Å². The summed E-state index contributed by atoms with van der Waals surface area (Å²) in [5, 5.41) is 16.0. The Morgan fingerprint density at radius 1 is 1.17 bits per heavy atom. The number of aliphatic hydroxyl groups is 1. The summed E-state index contributed by atoms with van der Waals surface area (Å²) in [4.78, 5) is 12.0. The van der Waals surface area contributed by atoms with Crippen LogP contribution in [0.2, 0.25) is 0 Å². The number of amides is 2. The first-order valence-electron chi connectivity index (χ1n) is 7.69. The second-order valence-electron chi connectivity index (χ2n) is 5.83. The summed E-state index contributed by atoms with van der Waals surface area (Å²) in [6.45, 7) is 0.0876. The zero-order chi connectivity index (χ0) is 16.3. The average Bonchev–Trinajstić information content (AvgIpc) is 2.56. The topological polar surface area (TPSA) is 61.4 Å². The van der Waals surface area contributed by atoms with Gasteiger partial charge < -0.3 is 15.7 Å². The monoisotopic (exact) mass is 314 g/mol. The fourth-order valence-electron chi connectivity index (χ4n) is 3.04. The number of halogens is 1. The van der Waals surface area contributed by atoms with Crippen molar-refractivity contribution >= 4 is 11.7 Å². The van der Waals surface area contributed by atoms with Crippen molar-refractivity contribution in [3.05, 3.63) is 65.5 Å². The molecule has 0 spiro atoms. The Balaban J connectivity index is 1.66. The highest BCUT2D eigenvalue weighted by Gasteiger charge is 2.34. The molecule has 2 amide bonds. The van der Waals surface area contributed by atoms with Gasteiger partial charge in [0.15, 0.2) is 0 Å². The van der Waals surface area contributed by atoms with Crippen molar-refractivity contribution in [1.82, 2.24) is 5.32 Å². The number of para-hydroxylation sites is 1. The van der Waals surface area contributed by atoms with Gasteiger partial charge in [0.1, 0.15) is 11.4 Å². The van der Waals surface area contributed by atoms with E-state index in [1.54, 1.807) is 12.1 Å². The summed E-state index contributed by atoms with van der Waals surface area (Å²) in [5.74, 6) is -0.496. The van der Waals surface area contributed by atoms with Crippen LogP contribution in [0.3, 0.4) is 0 Å². The molecular weight excluding hydrogens is 295 g/mol. The normalized spacial score (nSPS) is 19.7. The number of nitrogens with one attached hydrogen (secondary N) is 2. The van der Waals surface area contributed by atoms with E-state index in [2.05, 4.69) is 10.6 Å². The van der Waals surface area contributed by atoms with Gasteiger partial charge in [0.05, 0.1) is 12.2 Å². The number of fused-ring (bicyclic) bond motifs is 1. The van der Waals surface area contributed by atoms with Crippen molar-refractivity contribution in [3.63, 3.8) is 0 Å². The van der Waals surface area contributed by atoms with E-state index in [9.17, 15) is 14.3 Å². The second kappa shape index (κ2) is 6.38. The molecule has 120 valence electrons. The highest BCUT2D eigenvalue weighted by Crippen LogP contribution is 2.34. The number of benzene rings is 2. The Kier molecular flexibility index (Phi) is 4.30. The molecule has 2 aromatic carbocycles. The SMILES string of the molecule is O=C(NCC1(O)CCCc2ccccc21)Nc1ccccc1F. The van der Waals surface area contributed by atoms with Crippen LogP contribution in [-0.4, -0.2) is 17.7 Å². The van der Waals surface area contributed by atoms with E-state index in [4.69, 9.17) is 0 Å². The maximum atomic E-state index is 13.5. The number of rotatable bonds is 3. The van der Waals surface area contributed by atoms with Gasteiger partial charge in [-0.3, -0.25) is 0 Å². The first-order chi connectivity index (χ1) is 11.1. The third-order valence-electron chi connectivity index (χ3n) is 4.22. The molecule has 0 heterocycles. The molecular formula is C18H19FN2O2. The molecule has 0 radical (unpaired) electrons. The van der Waals surface area contributed by atoms with Crippen molar-refractivity contribution in [3.8, 4) is 0 Å². The minimum absolute atomic E-state index is 0.0876. The first-order valence-corrected chi connectivity index (χ1v) is 7.69. The van der Waals surface area contributed by atoms with E-state index in [-0.39, 0.29) is 12.2 Å². The lowest BCUT2D eigenvalue weighted by atomic mass is 9.79. The van der Waals surface area contributed by atoms with E-state index < -0.39 is 17.4 Å². The minimum Gasteiger partial charge on any atom is -0.383 e. The largest absolute Gasteiger partial charge is 0.383 e. The number of carbonyl (C=O) groups excluding carboxylic acids is 1. The van der Waals surface area contributed by atoms with Crippen LogP contribution < -0.4 is 10.6 Å². The van der Waals surface area contributed by atoms with Crippen LogP contribution in [0, 0.1) is 5.82 Å². The molecule has 3 N–H and O–H groups in total. The Morgan fingerprint density at radius 2 is 1.91 bits per heavy atom. The maximum absolute atomic E-state index is 13.5. The molecule has 0 saturated carbocycles. The fraction of sp³-hybridized carbons (Fsp3) is 0.278. The standard InChI is InChI=1S/C18H19FN2O2/c19-15-9-3-4-10-16(15)21-17(22)20-12-18(23)11-5-7-13-6-1-2-8-14(13)18/h1-4,6,8-10,23H,5,7,11-12H2,(H2,20,21,22). The van der Waals surface area contributed by atoms with Gasteiger partial charge in [-0.1, -0.05) is 36.4 Å². The van der Waals surface area contributed by atoms with E-state index in [1.807, 2.05) is 24.3 Å². The molecule has 1 unspecified atom stereocenters. The van der Waals surface area contributed by atoms with Crippen LogP contribution >= 0.6 is 0 Å². The third-order valence-corrected chi connectivity index (χ3v) is 4.22. The molecule has 5 heteroatoms. The lowest BCUT2D eigenvalue weighted by molar-refractivity contribution is 0.0221. The number of hydrogen-bond acceptors (Lipinski definition) is 2. The molecule has 1 aliphatic carbocycles. The van der Waals surface area contributed by atoms with Crippen molar-refractivity contribution in [1.29, 1.82) is 0 Å². The van der Waals surface area contributed by atoms with Gasteiger partial charge in [0.2, 0.25) is 0 Å². The van der Waals surface area contributed by atoms with E-state index in [1.165, 1.54) is 12.1 Å². The van der Waals surface area contributed by atoms with Crippen molar-refractivity contribution in [2.75, 3.05) is 11.9 Å². The smallest absolute Gasteiger partial charge is 0.319 e. The van der Waals surface area contributed by atoms with Crippen LogP contribution in [0.25, 0.3) is 0 Å². The Morgan fingerprint density at radius 3 is 2.74 bits per heavy atom. The van der Waals surface area contributed by atoms with Crippen LogP contribution in [-0.2, 0) is 12.0 Å². The molecule has 0 aromatic heterocycles. The summed E-state index contributed by atoms with van der Waals surface area (Å²) < 4.78 is 13.5. The highest BCUT2D eigenvalue weighted by molar-refractivity contribution is 5.89.